The van der Waals surface area contributed by atoms with E-state index < -0.39 is 11.4 Å². The third-order valence-corrected chi connectivity index (χ3v) is 5.68. The minimum atomic E-state index is -0.764. The zero-order chi connectivity index (χ0) is 18.1. The average molecular weight is 354 g/mol. The van der Waals surface area contributed by atoms with Crippen LogP contribution in [0.5, 0.6) is 0 Å². The van der Waals surface area contributed by atoms with Crippen LogP contribution in [0.15, 0.2) is 42.7 Å². The maximum Gasteiger partial charge on any atom is 0.317 e. The minimum Gasteiger partial charge on any atom is -0.481 e. The molecule has 0 unspecified atom stereocenters. The van der Waals surface area contributed by atoms with Gasteiger partial charge in [0.25, 0.3) is 0 Å². The second-order valence-electron chi connectivity index (χ2n) is 7.22. The number of rotatable bonds is 4. The highest BCUT2D eigenvalue weighted by atomic mass is 16.4. The Balaban J connectivity index is 1.37. The first-order valence-corrected chi connectivity index (χ1v) is 8.94. The van der Waals surface area contributed by atoms with E-state index in [0.29, 0.717) is 26.1 Å². The van der Waals surface area contributed by atoms with Crippen LogP contribution in [0, 0.1) is 11.3 Å². The quantitative estimate of drug-likeness (QED) is 0.882. The Morgan fingerprint density at radius 1 is 1.31 bits per heavy atom. The summed E-state index contributed by atoms with van der Waals surface area (Å²) in [5, 5.41) is 16.8. The zero-order valence-corrected chi connectivity index (χ0v) is 14.5. The van der Waals surface area contributed by atoms with Gasteiger partial charge in [0.2, 0.25) is 0 Å². The molecule has 2 fully saturated rings. The zero-order valence-electron chi connectivity index (χ0n) is 14.5. The van der Waals surface area contributed by atoms with Gasteiger partial charge in [0.05, 0.1) is 17.3 Å². The van der Waals surface area contributed by atoms with Crippen LogP contribution in [0.4, 0.5) is 4.79 Å². The van der Waals surface area contributed by atoms with E-state index in [1.807, 2.05) is 36.5 Å². The van der Waals surface area contributed by atoms with Crippen molar-refractivity contribution in [1.82, 2.24) is 20.0 Å². The summed E-state index contributed by atoms with van der Waals surface area (Å²) in [6.07, 6.45) is 6.10. The van der Waals surface area contributed by atoms with Crippen molar-refractivity contribution >= 4 is 12.0 Å². The van der Waals surface area contributed by atoms with Crippen molar-refractivity contribution in [2.24, 2.45) is 11.3 Å². The van der Waals surface area contributed by atoms with Crippen molar-refractivity contribution in [1.29, 1.82) is 0 Å². The molecule has 26 heavy (non-hydrogen) atoms. The number of benzene rings is 1. The van der Waals surface area contributed by atoms with Gasteiger partial charge in [-0.15, -0.1) is 0 Å². The molecule has 136 valence electrons. The lowest BCUT2D eigenvalue weighted by Gasteiger charge is -2.23. The number of nitrogens with one attached hydrogen (secondary N) is 1. The first-order valence-electron chi connectivity index (χ1n) is 8.94. The fourth-order valence-electron chi connectivity index (χ4n) is 4.26. The molecule has 2 atom stereocenters. The van der Waals surface area contributed by atoms with E-state index in [2.05, 4.69) is 10.4 Å². The highest BCUT2D eigenvalue weighted by Crippen LogP contribution is 2.48. The fourth-order valence-corrected chi connectivity index (χ4v) is 4.26. The maximum atomic E-state index is 12.5. The van der Waals surface area contributed by atoms with Crippen LogP contribution in [0.2, 0.25) is 0 Å². The highest BCUT2D eigenvalue weighted by Gasteiger charge is 2.55. The Morgan fingerprint density at radius 2 is 2.12 bits per heavy atom. The molecule has 2 aromatic rings. The van der Waals surface area contributed by atoms with Crippen LogP contribution in [-0.4, -0.2) is 44.9 Å². The Kier molecular flexibility index (Phi) is 4.14. The number of aliphatic carboxylic acids is 1. The molecule has 7 nitrogen and oxygen atoms in total. The van der Waals surface area contributed by atoms with Crippen LogP contribution in [0.3, 0.4) is 0 Å². The number of carbonyl (C=O) groups excluding carboxylic acids is 1. The van der Waals surface area contributed by atoms with Crippen molar-refractivity contribution in [3.63, 3.8) is 0 Å². The first kappa shape index (κ1) is 16.6. The summed E-state index contributed by atoms with van der Waals surface area (Å²) >= 11 is 0. The van der Waals surface area contributed by atoms with E-state index in [1.54, 1.807) is 15.8 Å². The number of carbonyl (C=O) groups is 2. The van der Waals surface area contributed by atoms with Crippen molar-refractivity contribution in [3.05, 3.63) is 48.3 Å². The first-order chi connectivity index (χ1) is 12.6. The molecule has 1 aliphatic carbocycles. The monoisotopic (exact) mass is 354 g/mol. The number of carboxylic acids is 1. The number of para-hydroxylation sites is 1. The molecule has 0 radical (unpaired) electrons. The predicted octanol–water partition coefficient (Wildman–Crippen LogP) is 2.27. The van der Waals surface area contributed by atoms with Gasteiger partial charge in [-0.1, -0.05) is 24.6 Å². The van der Waals surface area contributed by atoms with Gasteiger partial charge in [-0.05, 0) is 30.9 Å². The number of hydrogen-bond donors (Lipinski definition) is 2. The summed E-state index contributed by atoms with van der Waals surface area (Å²) in [5.74, 6) is -0.689. The number of amides is 2. The van der Waals surface area contributed by atoms with E-state index in [-0.39, 0.29) is 11.9 Å². The molecule has 4 rings (SSSR count). The summed E-state index contributed by atoms with van der Waals surface area (Å²) in [6, 6.07) is 9.56. The molecule has 1 aromatic carbocycles. The number of urea groups is 1. The normalized spacial score (nSPS) is 24.5. The van der Waals surface area contributed by atoms with Crippen molar-refractivity contribution in [3.8, 4) is 5.69 Å². The second kappa shape index (κ2) is 6.48. The van der Waals surface area contributed by atoms with Crippen LogP contribution < -0.4 is 5.32 Å². The molecule has 7 heteroatoms. The summed E-state index contributed by atoms with van der Waals surface area (Å²) in [4.78, 5) is 25.9. The van der Waals surface area contributed by atoms with Crippen LogP contribution in [0.25, 0.3) is 5.69 Å². The lowest BCUT2D eigenvalue weighted by molar-refractivity contribution is -0.149. The number of fused-ring (bicyclic) bond motifs is 1. The van der Waals surface area contributed by atoms with Gasteiger partial charge in [-0.2, -0.15) is 5.10 Å². The number of likely N-dealkylation sites (tertiary alicyclic amines) is 1. The number of aromatic nitrogens is 2. The van der Waals surface area contributed by atoms with Crippen molar-refractivity contribution in [2.45, 2.75) is 25.8 Å². The Bertz CT molecular complexity index is 819. The van der Waals surface area contributed by atoms with Gasteiger partial charge >= 0.3 is 12.0 Å². The molecule has 1 aromatic heterocycles. The SMILES string of the molecule is O=C(NCc1cnn(-c2ccccc2)c1)N1C[C@@H]2CCC[C@@]2(C(=O)O)C1. The molecular formula is C19H22N4O3. The molecule has 1 saturated heterocycles. The predicted molar refractivity (Wildman–Crippen MR) is 94.8 cm³/mol. The Labute approximate surface area is 151 Å². The van der Waals surface area contributed by atoms with Crippen molar-refractivity contribution in [2.75, 3.05) is 13.1 Å². The van der Waals surface area contributed by atoms with E-state index in [4.69, 9.17) is 0 Å². The van der Waals surface area contributed by atoms with Gasteiger partial charge in [0, 0.05) is 31.4 Å². The number of nitrogens with zero attached hydrogens (tertiary/aromatic N) is 3. The molecule has 2 heterocycles. The van der Waals surface area contributed by atoms with Crippen LogP contribution in [-0.2, 0) is 11.3 Å². The van der Waals surface area contributed by atoms with Gasteiger partial charge < -0.3 is 15.3 Å². The van der Waals surface area contributed by atoms with Gasteiger partial charge in [0.15, 0.2) is 0 Å². The largest absolute Gasteiger partial charge is 0.481 e. The van der Waals surface area contributed by atoms with E-state index >= 15 is 0 Å². The standard InChI is InChI=1S/C19H22N4O3/c24-17(25)19-8-4-5-15(19)12-22(13-19)18(26)20-9-14-10-21-23(11-14)16-6-2-1-3-7-16/h1-3,6-7,10-11,15H,4-5,8-9,12-13H2,(H,20,26)(H,24,25)/t15-,19+/m0/s1. The van der Waals surface area contributed by atoms with Gasteiger partial charge in [-0.25, -0.2) is 9.48 Å². The molecule has 2 N–H and O–H groups in total. The summed E-state index contributed by atoms with van der Waals surface area (Å²) < 4.78 is 1.77. The lowest BCUT2D eigenvalue weighted by Crippen LogP contribution is -2.41. The fraction of sp³-hybridized carbons (Fsp3) is 0.421. The van der Waals surface area contributed by atoms with E-state index in [9.17, 15) is 14.7 Å². The Hall–Kier alpha value is -2.83. The van der Waals surface area contributed by atoms with Gasteiger partial charge in [-0.3, -0.25) is 4.79 Å². The van der Waals surface area contributed by atoms with Gasteiger partial charge in [0.1, 0.15) is 0 Å². The molecule has 0 spiro atoms. The molecule has 2 aliphatic rings. The smallest absolute Gasteiger partial charge is 0.317 e. The van der Waals surface area contributed by atoms with Crippen LogP contribution >= 0.6 is 0 Å². The molecular weight excluding hydrogens is 332 g/mol. The third kappa shape index (κ3) is 2.83. The topological polar surface area (TPSA) is 87.5 Å². The minimum absolute atomic E-state index is 0.0755. The second-order valence-corrected chi connectivity index (χ2v) is 7.22. The Morgan fingerprint density at radius 3 is 2.85 bits per heavy atom. The highest BCUT2D eigenvalue weighted by molar-refractivity contribution is 5.80. The van der Waals surface area contributed by atoms with E-state index in [1.165, 1.54) is 0 Å². The van der Waals surface area contributed by atoms with Crippen LogP contribution in [0.1, 0.15) is 24.8 Å². The molecule has 0 bridgehead atoms. The molecule has 1 aliphatic heterocycles. The summed E-state index contributed by atoms with van der Waals surface area (Å²) in [6.45, 7) is 1.20. The third-order valence-electron chi connectivity index (χ3n) is 5.68. The lowest BCUT2D eigenvalue weighted by atomic mass is 9.81. The molecule has 1 saturated carbocycles. The van der Waals surface area contributed by atoms with E-state index in [0.717, 1.165) is 24.1 Å². The average Bonchev–Trinajstić information content (AvgIpc) is 3.34. The maximum absolute atomic E-state index is 12.5. The van der Waals surface area contributed by atoms with Crippen molar-refractivity contribution < 1.29 is 14.7 Å². The summed E-state index contributed by atoms with van der Waals surface area (Å²) in [7, 11) is 0. The summed E-state index contributed by atoms with van der Waals surface area (Å²) in [5.41, 5.74) is 1.12. The molecule has 2 amide bonds. The number of carboxylic acid groups (broad SMARTS) is 1. The number of hydrogen-bond acceptors (Lipinski definition) is 3.